The Bertz CT molecular complexity index is 861. The number of anilines is 1. The number of hydrogen-bond donors (Lipinski definition) is 1. The Morgan fingerprint density at radius 1 is 1.22 bits per heavy atom. The monoisotopic (exact) mass is 442 g/mol. The molecule has 0 radical (unpaired) electrons. The van der Waals surface area contributed by atoms with E-state index in [4.69, 9.17) is 19.0 Å². The Labute approximate surface area is 190 Å². The zero-order valence-corrected chi connectivity index (χ0v) is 19.5. The molecule has 1 aromatic carbocycles. The summed E-state index contributed by atoms with van der Waals surface area (Å²) < 4.78 is 16.5. The van der Waals surface area contributed by atoms with E-state index >= 15 is 0 Å². The van der Waals surface area contributed by atoms with Gasteiger partial charge < -0.3 is 24.2 Å². The fraction of sp³-hybridized carbons (Fsp3) is 0.435. The van der Waals surface area contributed by atoms with E-state index < -0.39 is 0 Å². The molecule has 1 aromatic heterocycles. The average Bonchev–Trinajstić information content (AvgIpc) is 3.29. The van der Waals surface area contributed by atoms with E-state index in [2.05, 4.69) is 27.1 Å². The molecule has 2 rings (SSSR count). The number of nitrogens with one attached hydrogen (secondary N) is 1. The van der Waals surface area contributed by atoms with Crippen LogP contribution in [0.5, 0.6) is 5.75 Å². The summed E-state index contributed by atoms with van der Waals surface area (Å²) in [6.45, 7) is 7.47. The first-order chi connectivity index (χ1) is 15.6. The molecule has 0 aliphatic rings. The molecule has 9 heteroatoms. The van der Waals surface area contributed by atoms with Crippen LogP contribution in [0.2, 0.25) is 0 Å². The number of likely N-dealkylation sites (N-methyl/N-ethyl adjacent to an activating group) is 2. The number of hydrogen-bond acceptors (Lipinski definition) is 8. The van der Waals surface area contributed by atoms with Gasteiger partial charge in [-0.1, -0.05) is 5.16 Å². The van der Waals surface area contributed by atoms with Crippen molar-refractivity contribution in [2.75, 3.05) is 72.5 Å². The highest BCUT2D eigenvalue weighted by molar-refractivity contribution is 6.05. The van der Waals surface area contributed by atoms with Crippen molar-refractivity contribution < 1.29 is 14.0 Å². The SMILES string of the molecule is C=N/C=C\C(=NCCOCCNC)N(CCN(C)C)c1cc(-c2ccc(OC)cc2)no1. The molecule has 32 heavy (non-hydrogen) atoms. The lowest BCUT2D eigenvalue weighted by Gasteiger charge is -2.23. The molecular weight excluding hydrogens is 408 g/mol. The highest BCUT2D eigenvalue weighted by Crippen LogP contribution is 2.26. The van der Waals surface area contributed by atoms with E-state index in [1.165, 1.54) is 0 Å². The first kappa shape index (κ1) is 25.3. The highest BCUT2D eigenvalue weighted by Gasteiger charge is 2.18. The molecule has 0 atom stereocenters. The maximum Gasteiger partial charge on any atom is 0.233 e. The standard InChI is InChI=1S/C23H34N6O3/c1-24-11-10-22(26-13-17-31-16-12-25-2)29(15-14-28(3)4)23-18-21(27-32-23)19-6-8-20(30-5)9-7-19/h6-11,18,25H,1,12-17H2,2-5H3/b11-10-,26-22?. The predicted octanol–water partition coefficient (Wildman–Crippen LogP) is 2.57. The fourth-order valence-electron chi connectivity index (χ4n) is 2.78. The second-order valence-corrected chi connectivity index (χ2v) is 7.19. The van der Waals surface area contributed by atoms with Crippen molar-refractivity contribution >= 4 is 18.4 Å². The van der Waals surface area contributed by atoms with E-state index in [0.29, 0.717) is 38.0 Å². The molecular formula is C23H34N6O3. The van der Waals surface area contributed by atoms with Gasteiger partial charge in [-0.05, 0) is 58.2 Å². The molecule has 1 N–H and O–H groups in total. The summed E-state index contributed by atoms with van der Waals surface area (Å²) in [4.78, 5) is 12.6. The van der Waals surface area contributed by atoms with Crippen molar-refractivity contribution in [3.8, 4) is 17.0 Å². The van der Waals surface area contributed by atoms with Crippen molar-refractivity contribution in [1.29, 1.82) is 0 Å². The Morgan fingerprint density at radius 3 is 2.66 bits per heavy atom. The van der Waals surface area contributed by atoms with Crippen LogP contribution in [0.3, 0.4) is 0 Å². The number of nitrogens with zero attached hydrogens (tertiary/aromatic N) is 5. The Balaban J connectivity index is 2.25. The van der Waals surface area contributed by atoms with Gasteiger partial charge >= 0.3 is 0 Å². The summed E-state index contributed by atoms with van der Waals surface area (Å²) in [6, 6.07) is 9.60. The topological polar surface area (TPSA) is 87.7 Å². The van der Waals surface area contributed by atoms with Crippen molar-refractivity contribution in [3.05, 3.63) is 42.6 Å². The Kier molecular flexibility index (Phi) is 11.1. The molecule has 0 unspecified atom stereocenters. The van der Waals surface area contributed by atoms with Crippen molar-refractivity contribution in [2.45, 2.75) is 0 Å². The summed E-state index contributed by atoms with van der Waals surface area (Å²) in [6.07, 6.45) is 3.43. The molecule has 0 spiro atoms. The van der Waals surface area contributed by atoms with E-state index in [-0.39, 0.29) is 0 Å². The second-order valence-electron chi connectivity index (χ2n) is 7.19. The number of ether oxygens (including phenoxy) is 2. The summed E-state index contributed by atoms with van der Waals surface area (Å²) in [5.74, 6) is 2.09. The van der Waals surface area contributed by atoms with Crippen molar-refractivity contribution in [2.24, 2.45) is 9.98 Å². The Hall–Kier alpha value is -3.01. The second kappa shape index (κ2) is 14.1. The first-order valence-corrected chi connectivity index (χ1v) is 10.5. The minimum absolute atomic E-state index is 0.512. The smallest absolute Gasteiger partial charge is 0.233 e. The zero-order valence-electron chi connectivity index (χ0n) is 19.5. The zero-order chi connectivity index (χ0) is 23.2. The molecule has 9 nitrogen and oxygen atoms in total. The van der Waals surface area contributed by atoms with Gasteiger partial charge in [-0.25, -0.2) is 0 Å². The van der Waals surface area contributed by atoms with Gasteiger partial charge in [-0.15, -0.1) is 0 Å². The van der Waals surface area contributed by atoms with Crippen molar-refractivity contribution in [1.82, 2.24) is 15.4 Å². The van der Waals surface area contributed by atoms with Crippen LogP contribution in [0.25, 0.3) is 11.3 Å². The molecule has 0 saturated heterocycles. The molecule has 0 fully saturated rings. The molecule has 1 heterocycles. The molecule has 0 aliphatic carbocycles. The third-order valence-corrected chi connectivity index (χ3v) is 4.53. The maximum absolute atomic E-state index is 5.72. The first-order valence-electron chi connectivity index (χ1n) is 10.5. The third kappa shape index (κ3) is 8.26. The van der Waals surface area contributed by atoms with Gasteiger partial charge in [0.2, 0.25) is 5.88 Å². The van der Waals surface area contributed by atoms with Gasteiger partial charge in [0.25, 0.3) is 0 Å². The predicted molar refractivity (Wildman–Crippen MR) is 130 cm³/mol. The minimum atomic E-state index is 0.512. The van der Waals surface area contributed by atoms with Crippen LogP contribution in [0, 0.1) is 0 Å². The van der Waals surface area contributed by atoms with Gasteiger partial charge in [0.1, 0.15) is 17.3 Å². The molecule has 0 bridgehead atoms. The van der Waals surface area contributed by atoms with Gasteiger partial charge in [0.15, 0.2) is 0 Å². The summed E-state index contributed by atoms with van der Waals surface area (Å²) in [7, 11) is 7.58. The van der Waals surface area contributed by atoms with Crippen LogP contribution in [0.1, 0.15) is 0 Å². The fourth-order valence-corrected chi connectivity index (χ4v) is 2.78. The van der Waals surface area contributed by atoms with Crippen LogP contribution < -0.4 is 15.0 Å². The molecule has 0 amide bonds. The maximum atomic E-state index is 5.72. The van der Waals surface area contributed by atoms with E-state index in [9.17, 15) is 0 Å². The lowest BCUT2D eigenvalue weighted by atomic mass is 10.1. The largest absolute Gasteiger partial charge is 0.497 e. The highest BCUT2D eigenvalue weighted by atomic mass is 16.5. The van der Waals surface area contributed by atoms with Crippen LogP contribution >= 0.6 is 0 Å². The van der Waals surface area contributed by atoms with Crippen LogP contribution in [-0.2, 0) is 4.74 Å². The minimum Gasteiger partial charge on any atom is -0.497 e. The average molecular weight is 443 g/mol. The molecule has 2 aromatic rings. The lowest BCUT2D eigenvalue weighted by molar-refractivity contribution is 0.145. The summed E-state index contributed by atoms with van der Waals surface area (Å²) in [5, 5.41) is 7.32. The normalized spacial score (nSPS) is 12.0. The van der Waals surface area contributed by atoms with E-state index in [1.807, 2.05) is 62.5 Å². The van der Waals surface area contributed by atoms with Crippen molar-refractivity contribution in [3.63, 3.8) is 0 Å². The lowest BCUT2D eigenvalue weighted by Crippen LogP contribution is -2.36. The van der Waals surface area contributed by atoms with E-state index in [1.54, 1.807) is 13.3 Å². The Morgan fingerprint density at radius 2 is 2.00 bits per heavy atom. The van der Waals surface area contributed by atoms with E-state index in [0.717, 1.165) is 30.1 Å². The number of methoxy groups -OCH3 is 1. The third-order valence-electron chi connectivity index (χ3n) is 4.53. The number of aromatic nitrogens is 1. The van der Waals surface area contributed by atoms with Gasteiger partial charge in [0, 0.05) is 37.5 Å². The quantitative estimate of drug-likeness (QED) is 0.273. The number of amidine groups is 1. The van der Waals surface area contributed by atoms with Crippen LogP contribution in [-0.4, -0.2) is 90.3 Å². The molecule has 0 saturated carbocycles. The molecule has 174 valence electrons. The molecule has 0 aliphatic heterocycles. The van der Waals surface area contributed by atoms with Gasteiger partial charge in [-0.2, -0.15) is 0 Å². The number of benzene rings is 1. The number of rotatable bonds is 14. The summed E-state index contributed by atoms with van der Waals surface area (Å²) in [5.41, 5.74) is 1.67. The van der Waals surface area contributed by atoms with Gasteiger partial charge in [0.05, 0.1) is 26.9 Å². The number of aliphatic imine (C=N–C) groups is 2. The van der Waals surface area contributed by atoms with Gasteiger partial charge in [-0.3, -0.25) is 14.9 Å². The van der Waals surface area contributed by atoms with Crippen LogP contribution in [0.15, 0.2) is 57.1 Å². The summed E-state index contributed by atoms with van der Waals surface area (Å²) >= 11 is 0. The van der Waals surface area contributed by atoms with Crippen LogP contribution in [0.4, 0.5) is 5.88 Å².